The van der Waals surface area contributed by atoms with E-state index in [1.807, 2.05) is 20.8 Å². The quantitative estimate of drug-likeness (QED) is 0.578. The van der Waals surface area contributed by atoms with Crippen molar-refractivity contribution in [2.75, 3.05) is 49.1 Å². The SMILES string of the molecule is C=C1COc2c(CCN3CCN(c4cccc5nc(C)ccc45)CC3)cccc2N1/C(C)=C(/C)N. The van der Waals surface area contributed by atoms with Crippen molar-refractivity contribution in [3.05, 3.63) is 83.5 Å². The topological polar surface area (TPSA) is 57.9 Å². The summed E-state index contributed by atoms with van der Waals surface area (Å²) in [6.07, 6.45) is 0.950. The van der Waals surface area contributed by atoms with E-state index in [9.17, 15) is 0 Å². The van der Waals surface area contributed by atoms with Gasteiger partial charge in [-0.05, 0) is 63.1 Å². The van der Waals surface area contributed by atoms with Gasteiger partial charge in [-0.25, -0.2) is 0 Å². The second kappa shape index (κ2) is 9.62. The van der Waals surface area contributed by atoms with Gasteiger partial charge in [-0.1, -0.05) is 24.8 Å². The molecule has 3 heterocycles. The molecule has 0 bridgehead atoms. The summed E-state index contributed by atoms with van der Waals surface area (Å²) in [4.78, 5) is 11.9. The lowest BCUT2D eigenvalue weighted by Gasteiger charge is -2.37. The predicted octanol–water partition coefficient (Wildman–Crippen LogP) is 4.83. The van der Waals surface area contributed by atoms with Gasteiger partial charge in [0.15, 0.2) is 0 Å². The number of anilines is 2. The maximum atomic E-state index is 6.15. The molecule has 2 aliphatic heterocycles. The lowest BCUT2D eigenvalue weighted by Crippen LogP contribution is -2.47. The van der Waals surface area contributed by atoms with Gasteiger partial charge in [0, 0.05) is 60.9 Å². The van der Waals surface area contributed by atoms with Gasteiger partial charge in [0.05, 0.1) is 16.9 Å². The summed E-state index contributed by atoms with van der Waals surface area (Å²) in [5, 5.41) is 1.24. The summed E-state index contributed by atoms with van der Waals surface area (Å²) in [6, 6.07) is 17.1. The smallest absolute Gasteiger partial charge is 0.147 e. The molecule has 3 aromatic rings. The molecule has 6 nitrogen and oxygen atoms in total. The van der Waals surface area contributed by atoms with E-state index in [-0.39, 0.29) is 0 Å². The van der Waals surface area contributed by atoms with Gasteiger partial charge < -0.3 is 20.3 Å². The predicted molar refractivity (Wildman–Crippen MR) is 145 cm³/mol. The van der Waals surface area contributed by atoms with E-state index in [4.69, 9.17) is 15.5 Å². The van der Waals surface area contributed by atoms with Crippen LogP contribution in [0.4, 0.5) is 11.4 Å². The Kier molecular flexibility index (Phi) is 6.39. The molecule has 5 rings (SSSR count). The molecular formula is C29H35N5O. The van der Waals surface area contributed by atoms with Crippen LogP contribution >= 0.6 is 0 Å². The van der Waals surface area contributed by atoms with Crippen LogP contribution in [0, 0.1) is 6.92 Å². The van der Waals surface area contributed by atoms with Gasteiger partial charge in [0.25, 0.3) is 0 Å². The molecule has 1 fully saturated rings. The van der Waals surface area contributed by atoms with E-state index in [0.29, 0.717) is 6.61 Å². The van der Waals surface area contributed by atoms with E-state index >= 15 is 0 Å². The summed E-state index contributed by atoms with van der Waals surface area (Å²) < 4.78 is 6.15. The standard InChI is InChI=1S/C29H35N5O/c1-20-11-12-25-26(31-20)8-6-9-27(25)33-17-15-32(16-18-33)14-13-24-7-5-10-28-29(24)35-19-21(2)34(28)23(4)22(3)30/h5-12H,2,13-19,30H2,1,3-4H3/b23-22-. The number of para-hydroxylation sites is 1. The number of rotatable bonds is 5. The highest BCUT2D eigenvalue weighted by atomic mass is 16.5. The van der Waals surface area contributed by atoms with Gasteiger partial charge in [0.2, 0.25) is 0 Å². The van der Waals surface area contributed by atoms with Crippen molar-refractivity contribution < 1.29 is 4.74 Å². The molecule has 0 atom stereocenters. The van der Waals surface area contributed by atoms with Crippen LogP contribution in [0.3, 0.4) is 0 Å². The lowest BCUT2D eigenvalue weighted by molar-refractivity contribution is 0.259. The molecule has 2 aromatic carbocycles. The van der Waals surface area contributed by atoms with E-state index in [1.165, 1.54) is 16.6 Å². The van der Waals surface area contributed by atoms with Crippen LogP contribution in [0.2, 0.25) is 0 Å². The number of hydrogen-bond donors (Lipinski definition) is 1. The maximum absolute atomic E-state index is 6.15. The Hall–Kier alpha value is -3.51. The minimum atomic E-state index is 0.479. The maximum Gasteiger partial charge on any atom is 0.147 e. The fourth-order valence-electron chi connectivity index (χ4n) is 5.10. The molecule has 0 unspecified atom stereocenters. The zero-order valence-electron chi connectivity index (χ0n) is 21.1. The van der Waals surface area contributed by atoms with Crippen molar-refractivity contribution in [1.82, 2.24) is 9.88 Å². The second-order valence-corrected chi connectivity index (χ2v) is 9.60. The molecule has 2 aliphatic rings. The average Bonchev–Trinajstić information content (AvgIpc) is 2.86. The van der Waals surface area contributed by atoms with Crippen molar-refractivity contribution >= 4 is 22.3 Å². The number of allylic oxidation sites excluding steroid dienone is 2. The Morgan fingerprint density at radius 2 is 1.74 bits per heavy atom. The van der Waals surface area contributed by atoms with Crippen molar-refractivity contribution in [1.29, 1.82) is 0 Å². The first-order chi connectivity index (χ1) is 16.9. The highest BCUT2D eigenvalue weighted by Gasteiger charge is 2.26. The number of pyridine rings is 1. The zero-order valence-corrected chi connectivity index (χ0v) is 21.1. The van der Waals surface area contributed by atoms with Crippen molar-refractivity contribution in [2.45, 2.75) is 27.2 Å². The van der Waals surface area contributed by atoms with Crippen LogP contribution in [-0.4, -0.2) is 49.2 Å². The first-order valence-electron chi connectivity index (χ1n) is 12.4. The summed E-state index contributed by atoms with van der Waals surface area (Å²) in [6.45, 7) is 15.8. The Morgan fingerprint density at radius 1 is 1.00 bits per heavy atom. The van der Waals surface area contributed by atoms with Crippen LogP contribution in [-0.2, 0) is 6.42 Å². The molecule has 1 aromatic heterocycles. The van der Waals surface area contributed by atoms with Gasteiger partial charge in [0.1, 0.15) is 12.4 Å². The van der Waals surface area contributed by atoms with Gasteiger partial charge in [-0.15, -0.1) is 0 Å². The third-order valence-corrected chi connectivity index (χ3v) is 7.18. The number of nitrogens with zero attached hydrogens (tertiary/aromatic N) is 4. The zero-order chi connectivity index (χ0) is 24.5. The number of ether oxygens (including phenoxy) is 1. The van der Waals surface area contributed by atoms with E-state index < -0.39 is 0 Å². The number of aromatic nitrogens is 1. The Morgan fingerprint density at radius 3 is 2.51 bits per heavy atom. The fourth-order valence-corrected chi connectivity index (χ4v) is 5.10. The largest absolute Gasteiger partial charge is 0.485 e. The molecule has 0 aliphatic carbocycles. The summed E-state index contributed by atoms with van der Waals surface area (Å²) in [7, 11) is 0. The van der Waals surface area contributed by atoms with Crippen molar-refractivity contribution in [2.24, 2.45) is 5.73 Å². The molecule has 0 radical (unpaired) electrons. The van der Waals surface area contributed by atoms with E-state index in [2.05, 4.69) is 69.8 Å². The summed E-state index contributed by atoms with van der Waals surface area (Å²) >= 11 is 0. The third kappa shape index (κ3) is 4.58. The number of aryl methyl sites for hydroxylation is 1. The Bertz CT molecular complexity index is 1290. The molecular weight excluding hydrogens is 434 g/mol. The Balaban J connectivity index is 1.26. The molecule has 0 amide bonds. The summed E-state index contributed by atoms with van der Waals surface area (Å²) in [5.41, 5.74) is 14.5. The Labute approximate surface area is 208 Å². The number of hydrogen-bond acceptors (Lipinski definition) is 6. The van der Waals surface area contributed by atoms with E-state index in [0.717, 1.165) is 78.9 Å². The first kappa shape index (κ1) is 23.2. The normalized spacial score (nSPS) is 17.3. The van der Waals surface area contributed by atoms with Crippen LogP contribution in [0.5, 0.6) is 5.75 Å². The van der Waals surface area contributed by atoms with Crippen molar-refractivity contribution in [3.8, 4) is 5.75 Å². The number of fused-ring (bicyclic) bond motifs is 2. The fraction of sp³-hybridized carbons (Fsp3) is 0.345. The highest BCUT2D eigenvalue weighted by molar-refractivity contribution is 5.92. The molecule has 2 N–H and O–H groups in total. The molecule has 35 heavy (non-hydrogen) atoms. The van der Waals surface area contributed by atoms with Crippen LogP contribution in [0.25, 0.3) is 10.9 Å². The molecule has 6 heteroatoms. The third-order valence-electron chi connectivity index (χ3n) is 7.18. The molecule has 0 spiro atoms. The highest BCUT2D eigenvalue weighted by Crippen LogP contribution is 2.40. The number of benzene rings is 2. The molecule has 0 saturated carbocycles. The van der Waals surface area contributed by atoms with Crippen LogP contribution < -0.4 is 20.3 Å². The minimum Gasteiger partial charge on any atom is -0.485 e. The molecule has 182 valence electrons. The van der Waals surface area contributed by atoms with E-state index in [1.54, 1.807) is 0 Å². The second-order valence-electron chi connectivity index (χ2n) is 9.60. The van der Waals surface area contributed by atoms with Crippen molar-refractivity contribution in [3.63, 3.8) is 0 Å². The minimum absolute atomic E-state index is 0.479. The van der Waals surface area contributed by atoms with Gasteiger partial charge in [-0.3, -0.25) is 9.88 Å². The number of nitrogens with two attached hydrogens (primary N) is 1. The van der Waals surface area contributed by atoms with Crippen LogP contribution in [0.1, 0.15) is 25.1 Å². The number of piperazine rings is 1. The average molecular weight is 470 g/mol. The summed E-state index contributed by atoms with van der Waals surface area (Å²) in [5.74, 6) is 0.956. The van der Waals surface area contributed by atoms with Gasteiger partial charge in [-0.2, -0.15) is 0 Å². The first-order valence-corrected chi connectivity index (χ1v) is 12.4. The van der Waals surface area contributed by atoms with Crippen LogP contribution in [0.15, 0.2) is 72.2 Å². The monoisotopic (exact) mass is 469 g/mol. The lowest BCUT2D eigenvalue weighted by atomic mass is 10.1. The van der Waals surface area contributed by atoms with Gasteiger partial charge >= 0.3 is 0 Å². The molecule has 1 saturated heterocycles.